The van der Waals surface area contributed by atoms with Crippen molar-refractivity contribution in [3.8, 4) is 5.75 Å². The molecule has 1 unspecified atom stereocenters. The minimum Gasteiger partial charge on any atom is -0.504 e. The molecule has 140 valence electrons. The van der Waals surface area contributed by atoms with Crippen molar-refractivity contribution in [3.63, 3.8) is 0 Å². The maximum atomic E-state index is 12.5. The van der Waals surface area contributed by atoms with Crippen LogP contribution in [-0.4, -0.2) is 35.7 Å². The smallest absolute Gasteiger partial charge is 0.504 e. The molecule has 3 rings (SSSR count). The van der Waals surface area contributed by atoms with Gasteiger partial charge in [-0.25, -0.2) is 0 Å². The van der Waals surface area contributed by atoms with Crippen molar-refractivity contribution in [1.82, 2.24) is 0 Å². The van der Waals surface area contributed by atoms with Crippen molar-refractivity contribution in [2.75, 3.05) is 5.01 Å². The van der Waals surface area contributed by atoms with Crippen LogP contribution in [0.1, 0.15) is 6.92 Å². The molecule has 0 saturated heterocycles. The second-order valence-electron chi connectivity index (χ2n) is 5.59. The van der Waals surface area contributed by atoms with Crippen molar-refractivity contribution in [2.45, 2.75) is 17.9 Å². The van der Waals surface area contributed by atoms with Crippen LogP contribution in [0.15, 0.2) is 62.7 Å². The quantitative estimate of drug-likeness (QED) is 0.404. The molecular formula is C16H13ClN4NaO5S+. The number of carbonyl (C=O) groups excluding carboxylic acids is 1. The molecule has 0 bridgehead atoms. The summed E-state index contributed by atoms with van der Waals surface area (Å²) in [5.74, 6) is -1.29. The summed E-state index contributed by atoms with van der Waals surface area (Å²) < 4.78 is 31.8. The van der Waals surface area contributed by atoms with Gasteiger partial charge in [-0.15, -0.1) is 0 Å². The molecule has 28 heavy (non-hydrogen) atoms. The number of phenols is 1. The molecule has 1 aliphatic rings. The number of rotatable bonds is 4. The molecule has 1 heterocycles. The van der Waals surface area contributed by atoms with Gasteiger partial charge in [0, 0.05) is 5.02 Å². The summed E-state index contributed by atoms with van der Waals surface area (Å²) in [6.45, 7) is 1.59. The third kappa shape index (κ3) is 4.59. The zero-order valence-electron chi connectivity index (χ0n) is 14.8. The summed E-state index contributed by atoms with van der Waals surface area (Å²) in [4.78, 5) is 11.7. The number of carbonyl (C=O) groups is 1. The zero-order chi connectivity index (χ0) is 19.8. The molecule has 2 aromatic carbocycles. The van der Waals surface area contributed by atoms with E-state index in [1.54, 1.807) is 37.3 Å². The summed E-state index contributed by atoms with van der Waals surface area (Å²) in [6, 6.07) is 9.69. The van der Waals surface area contributed by atoms with Gasteiger partial charge in [0.25, 0.3) is 16.0 Å². The molecule has 2 aromatic rings. The molecule has 0 saturated carbocycles. The summed E-state index contributed by atoms with van der Waals surface area (Å²) in [6.07, 6.45) is 0. The fraction of sp³-hybridized carbons (Fsp3) is 0.125. The van der Waals surface area contributed by atoms with E-state index in [1.165, 1.54) is 5.01 Å². The van der Waals surface area contributed by atoms with E-state index >= 15 is 0 Å². The van der Waals surface area contributed by atoms with E-state index < -0.39 is 32.7 Å². The van der Waals surface area contributed by atoms with Gasteiger partial charge < -0.3 is 5.11 Å². The van der Waals surface area contributed by atoms with E-state index in [2.05, 4.69) is 15.3 Å². The van der Waals surface area contributed by atoms with Gasteiger partial charge in [0.15, 0.2) is 11.8 Å². The molecule has 9 nitrogen and oxygen atoms in total. The molecule has 0 radical (unpaired) electrons. The van der Waals surface area contributed by atoms with Crippen LogP contribution in [0.3, 0.4) is 0 Å². The van der Waals surface area contributed by atoms with Gasteiger partial charge in [-0.3, -0.25) is 9.35 Å². The molecule has 0 aliphatic carbocycles. The van der Waals surface area contributed by atoms with Crippen molar-refractivity contribution in [1.29, 1.82) is 0 Å². The van der Waals surface area contributed by atoms with E-state index in [1.807, 2.05) is 0 Å². The number of phenolic OH excluding ortho intramolecular Hbond substituents is 1. The first-order valence-corrected chi connectivity index (χ1v) is 9.35. The van der Waals surface area contributed by atoms with Gasteiger partial charge in [0.05, 0.1) is 11.4 Å². The van der Waals surface area contributed by atoms with Gasteiger partial charge in [-0.1, -0.05) is 29.8 Å². The van der Waals surface area contributed by atoms with Gasteiger partial charge in [0.1, 0.15) is 10.6 Å². The Bertz CT molecular complexity index is 1080. The fourth-order valence-electron chi connectivity index (χ4n) is 2.40. The van der Waals surface area contributed by atoms with Crippen LogP contribution in [0.5, 0.6) is 5.75 Å². The van der Waals surface area contributed by atoms with E-state index in [-0.39, 0.29) is 40.3 Å². The molecule has 0 spiro atoms. The number of aromatic hydroxyl groups is 1. The first-order valence-electron chi connectivity index (χ1n) is 7.53. The number of para-hydroxylation sites is 1. The average molecular weight is 432 g/mol. The first-order chi connectivity index (χ1) is 12.7. The summed E-state index contributed by atoms with van der Waals surface area (Å²) in [5.41, 5.74) is 0.608. The van der Waals surface area contributed by atoms with Gasteiger partial charge >= 0.3 is 29.6 Å². The van der Waals surface area contributed by atoms with E-state index in [9.17, 15) is 18.3 Å². The number of nitrogens with zero attached hydrogens (tertiary/aromatic N) is 4. The van der Waals surface area contributed by atoms with E-state index in [0.29, 0.717) is 11.4 Å². The Morgan fingerprint density at radius 2 is 1.86 bits per heavy atom. The zero-order valence-corrected chi connectivity index (χ0v) is 18.4. The number of hydrogen-bond donors (Lipinski definition) is 2. The Morgan fingerprint density at radius 1 is 1.21 bits per heavy atom. The summed E-state index contributed by atoms with van der Waals surface area (Å²) >= 11 is 5.80. The molecular weight excluding hydrogens is 419 g/mol. The number of hydrogen-bond acceptors (Lipinski definition) is 7. The normalized spacial score (nSPS) is 17.0. The molecule has 1 amide bonds. The predicted molar refractivity (Wildman–Crippen MR) is 98.3 cm³/mol. The molecule has 1 aliphatic heterocycles. The van der Waals surface area contributed by atoms with Crippen LogP contribution in [0, 0.1) is 0 Å². The third-order valence-electron chi connectivity index (χ3n) is 3.68. The second kappa shape index (κ2) is 8.68. The van der Waals surface area contributed by atoms with Crippen LogP contribution in [-0.2, 0) is 14.9 Å². The number of amides is 1. The molecule has 0 aromatic heterocycles. The average Bonchev–Trinajstić information content (AvgIpc) is 2.89. The van der Waals surface area contributed by atoms with Crippen LogP contribution < -0.4 is 34.6 Å². The van der Waals surface area contributed by atoms with Crippen molar-refractivity contribution >= 4 is 44.7 Å². The second-order valence-corrected chi connectivity index (χ2v) is 7.42. The van der Waals surface area contributed by atoms with Gasteiger partial charge in [-0.05, 0) is 31.2 Å². The van der Waals surface area contributed by atoms with Crippen molar-refractivity contribution in [2.24, 2.45) is 15.3 Å². The SMILES string of the molecule is CC1=NN(c2ccccc2)C(=O)C1N=Nc1cc(Cl)cc(S(=O)(=O)O)c1O.[Na+]. The topological polar surface area (TPSA) is 132 Å². The monoisotopic (exact) mass is 431 g/mol. The van der Waals surface area contributed by atoms with Crippen LogP contribution in [0.25, 0.3) is 0 Å². The Labute approximate surface area is 187 Å². The number of azo groups is 1. The Morgan fingerprint density at radius 3 is 2.46 bits per heavy atom. The van der Waals surface area contributed by atoms with Crippen LogP contribution >= 0.6 is 11.6 Å². The number of halogens is 1. The standard InChI is InChI=1S/C16H13ClN4O5S.Na/c1-9-14(16(23)21(20-9)11-5-3-2-4-6-11)19-18-12-7-10(17)8-13(15(12)22)27(24,25)26;/h2-8,14,22H,1H3,(H,24,25,26);/q;+1. The van der Waals surface area contributed by atoms with Crippen LogP contribution in [0.2, 0.25) is 5.02 Å². The maximum absolute atomic E-state index is 12.5. The molecule has 2 N–H and O–H groups in total. The van der Waals surface area contributed by atoms with Gasteiger partial charge in [0.2, 0.25) is 0 Å². The maximum Gasteiger partial charge on any atom is 1.00 e. The minimum atomic E-state index is -4.72. The van der Waals surface area contributed by atoms with E-state index in [0.717, 1.165) is 12.1 Å². The van der Waals surface area contributed by atoms with Gasteiger partial charge in [-0.2, -0.15) is 28.8 Å². The number of benzene rings is 2. The van der Waals surface area contributed by atoms with Crippen LogP contribution in [0.4, 0.5) is 11.4 Å². The number of hydrazone groups is 1. The van der Waals surface area contributed by atoms with E-state index in [4.69, 9.17) is 16.2 Å². The summed E-state index contributed by atoms with van der Waals surface area (Å²) in [7, 11) is -4.72. The predicted octanol–water partition coefficient (Wildman–Crippen LogP) is 0.171. The Kier molecular flexibility index (Phi) is 6.97. The molecule has 12 heteroatoms. The first kappa shape index (κ1) is 22.5. The fourth-order valence-corrected chi connectivity index (χ4v) is 3.30. The minimum absolute atomic E-state index is 0. The Hall–Kier alpha value is -1.82. The number of anilines is 1. The summed E-state index contributed by atoms with van der Waals surface area (Å²) in [5, 5.41) is 22.8. The molecule has 0 fully saturated rings. The van der Waals surface area contributed by atoms with Crippen molar-refractivity contribution < 1.29 is 52.4 Å². The molecule has 1 atom stereocenters. The van der Waals surface area contributed by atoms with Crippen molar-refractivity contribution in [3.05, 3.63) is 47.5 Å². The largest absolute Gasteiger partial charge is 1.00 e. The third-order valence-corrected chi connectivity index (χ3v) is 4.76. The Balaban J connectivity index is 0.00000280.